The summed E-state index contributed by atoms with van der Waals surface area (Å²) in [6.07, 6.45) is 1.04. The normalized spacial score (nSPS) is 11.4. The van der Waals surface area contributed by atoms with Gasteiger partial charge in [-0.05, 0) is 69.4 Å². The van der Waals surface area contributed by atoms with Gasteiger partial charge in [0.2, 0.25) is 0 Å². The van der Waals surface area contributed by atoms with Gasteiger partial charge in [0.05, 0.1) is 5.52 Å². The van der Waals surface area contributed by atoms with Gasteiger partial charge in [-0.15, -0.1) is 0 Å². The van der Waals surface area contributed by atoms with Crippen LogP contribution in [-0.4, -0.2) is 49.1 Å². The van der Waals surface area contributed by atoms with Crippen molar-refractivity contribution in [2.24, 2.45) is 0 Å². The van der Waals surface area contributed by atoms with Gasteiger partial charge in [0, 0.05) is 29.0 Å². The average Bonchev–Trinajstić information content (AvgIpc) is 2.66. The van der Waals surface area contributed by atoms with Crippen LogP contribution in [0.2, 0.25) is 0 Å². The average molecular weight is 445 g/mol. The fourth-order valence-corrected chi connectivity index (χ4v) is 3.83. The smallest absolute Gasteiger partial charge is 0.162 e. The molecule has 0 saturated heterocycles. The third-order valence-electron chi connectivity index (χ3n) is 4.74. The van der Waals surface area contributed by atoms with E-state index in [9.17, 15) is 4.39 Å². The lowest BCUT2D eigenvalue weighted by molar-refractivity contribution is 0.401. The second-order valence-electron chi connectivity index (χ2n) is 7.40. The number of hydrogen-bond acceptors (Lipinski definition) is 4. The molecule has 6 heteroatoms. The maximum Gasteiger partial charge on any atom is 0.162 e. The minimum atomic E-state index is -0.518. The van der Waals surface area contributed by atoms with E-state index in [4.69, 9.17) is 9.97 Å². The highest BCUT2D eigenvalue weighted by atomic mass is 79.9. The van der Waals surface area contributed by atoms with E-state index >= 15 is 0 Å². The molecule has 0 amide bonds. The van der Waals surface area contributed by atoms with Crippen LogP contribution in [0.5, 0.6) is 0 Å². The number of rotatable bonds is 7. The summed E-state index contributed by atoms with van der Waals surface area (Å²) in [5, 5.41) is 1.04. The van der Waals surface area contributed by atoms with Crippen LogP contribution in [0.3, 0.4) is 0 Å². The first-order valence-corrected chi connectivity index (χ1v) is 10.2. The molecule has 0 unspecified atom stereocenters. The summed E-state index contributed by atoms with van der Waals surface area (Å²) in [5.41, 5.74) is 3.46. The minimum absolute atomic E-state index is 0.518. The fraction of sp³-hybridized carbons (Fsp3) is 0.364. The van der Waals surface area contributed by atoms with Crippen molar-refractivity contribution in [3.05, 3.63) is 52.0 Å². The van der Waals surface area contributed by atoms with Crippen molar-refractivity contribution >= 4 is 32.7 Å². The lowest BCUT2D eigenvalue weighted by Gasteiger charge is -2.22. The number of para-hydroxylation sites is 1. The lowest BCUT2D eigenvalue weighted by Crippen LogP contribution is -2.24. The number of anilines is 1. The molecule has 1 aromatic heterocycles. The fourth-order valence-electron chi connectivity index (χ4n) is 3.29. The van der Waals surface area contributed by atoms with Crippen LogP contribution in [0, 0.1) is 6.92 Å². The molecular formula is C22H26BrFN4. The Morgan fingerprint density at radius 2 is 1.82 bits per heavy atom. The number of nitrogens with zero attached hydrogens (tertiary/aromatic N) is 4. The number of aromatic nitrogens is 2. The number of fused-ring (bicyclic) bond motifs is 1. The van der Waals surface area contributed by atoms with Gasteiger partial charge >= 0.3 is 0 Å². The summed E-state index contributed by atoms with van der Waals surface area (Å²) in [6.45, 7) is 3.45. The van der Waals surface area contributed by atoms with E-state index in [-0.39, 0.29) is 0 Å². The molecule has 0 radical (unpaired) electrons. The Morgan fingerprint density at radius 1 is 1.04 bits per heavy atom. The van der Waals surface area contributed by atoms with Crippen molar-refractivity contribution in [3.63, 3.8) is 0 Å². The molecule has 0 aliphatic heterocycles. The second kappa shape index (κ2) is 8.97. The molecule has 0 aliphatic carbocycles. The molecule has 0 atom stereocenters. The van der Waals surface area contributed by atoms with E-state index in [0.717, 1.165) is 51.8 Å². The summed E-state index contributed by atoms with van der Waals surface area (Å²) >= 11 is 3.47. The molecule has 0 bridgehead atoms. The van der Waals surface area contributed by atoms with Crippen LogP contribution in [0.15, 0.2) is 40.9 Å². The molecule has 4 nitrogen and oxygen atoms in total. The van der Waals surface area contributed by atoms with E-state index in [1.807, 2.05) is 18.2 Å². The Bertz CT molecular complexity index is 974. The molecule has 1 heterocycles. The number of aryl methyl sites for hydroxylation is 1. The highest BCUT2D eigenvalue weighted by molar-refractivity contribution is 9.10. The quantitative estimate of drug-likeness (QED) is 0.499. The summed E-state index contributed by atoms with van der Waals surface area (Å²) in [4.78, 5) is 14.1. The molecule has 0 N–H and O–H groups in total. The summed E-state index contributed by atoms with van der Waals surface area (Å²) in [6, 6.07) is 11.7. The highest BCUT2D eigenvalue weighted by Gasteiger charge is 2.15. The molecule has 0 saturated carbocycles. The number of alkyl halides is 1. The third kappa shape index (κ3) is 4.67. The Morgan fingerprint density at radius 3 is 2.54 bits per heavy atom. The minimum Gasteiger partial charge on any atom is -0.359 e. The maximum absolute atomic E-state index is 13.3. The zero-order valence-electron chi connectivity index (χ0n) is 16.8. The van der Waals surface area contributed by atoms with Crippen LogP contribution in [-0.2, 0) is 6.67 Å². The van der Waals surface area contributed by atoms with Gasteiger partial charge in [0.1, 0.15) is 12.5 Å². The van der Waals surface area contributed by atoms with Gasteiger partial charge in [0.15, 0.2) is 5.82 Å². The molecule has 0 fully saturated rings. The molecule has 2 aromatic carbocycles. The van der Waals surface area contributed by atoms with E-state index < -0.39 is 6.67 Å². The van der Waals surface area contributed by atoms with Gasteiger partial charge < -0.3 is 9.80 Å². The predicted molar refractivity (Wildman–Crippen MR) is 119 cm³/mol. The van der Waals surface area contributed by atoms with Crippen molar-refractivity contribution in [1.82, 2.24) is 14.9 Å². The van der Waals surface area contributed by atoms with E-state index in [0.29, 0.717) is 11.4 Å². The largest absolute Gasteiger partial charge is 0.359 e. The topological polar surface area (TPSA) is 32.3 Å². The summed E-state index contributed by atoms with van der Waals surface area (Å²) < 4.78 is 14.1. The molecule has 0 spiro atoms. The lowest BCUT2D eigenvalue weighted by atomic mass is 10.1. The van der Waals surface area contributed by atoms with E-state index in [2.05, 4.69) is 65.9 Å². The summed E-state index contributed by atoms with van der Waals surface area (Å²) in [7, 11) is 6.23. The van der Waals surface area contributed by atoms with E-state index in [1.54, 1.807) is 6.07 Å². The number of hydrogen-bond donors (Lipinski definition) is 0. The van der Waals surface area contributed by atoms with Crippen LogP contribution >= 0.6 is 15.9 Å². The molecule has 0 aliphatic rings. The van der Waals surface area contributed by atoms with Gasteiger partial charge in [-0.1, -0.05) is 28.1 Å². The highest BCUT2D eigenvalue weighted by Crippen LogP contribution is 2.30. The first-order chi connectivity index (χ1) is 13.4. The Labute approximate surface area is 174 Å². The maximum atomic E-state index is 13.3. The molecule has 148 valence electrons. The number of benzene rings is 2. The van der Waals surface area contributed by atoms with Gasteiger partial charge in [-0.25, -0.2) is 14.4 Å². The zero-order chi connectivity index (χ0) is 20.3. The number of halogens is 2. The van der Waals surface area contributed by atoms with Gasteiger partial charge in [0.25, 0.3) is 0 Å². The van der Waals surface area contributed by atoms with Gasteiger partial charge in [-0.3, -0.25) is 0 Å². The van der Waals surface area contributed by atoms with Crippen molar-refractivity contribution in [2.45, 2.75) is 20.0 Å². The van der Waals surface area contributed by atoms with Crippen LogP contribution < -0.4 is 4.90 Å². The Kier molecular flexibility index (Phi) is 6.62. The molecule has 3 rings (SSSR count). The van der Waals surface area contributed by atoms with Crippen LogP contribution in [0.4, 0.5) is 10.2 Å². The van der Waals surface area contributed by atoms with Crippen molar-refractivity contribution < 1.29 is 4.39 Å². The Balaban J connectivity index is 2.10. The van der Waals surface area contributed by atoms with Crippen molar-refractivity contribution in [2.75, 3.05) is 39.1 Å². The molecule has 28 heavy (non-hydrogen) atoms. The van der Waals surface area contributed by atoms with Gasteiger partial charge in [-0.2, -0.15) is 0 Å². The third-order valence-corrected chi connectivity index (χ3v) is 5.20. The monoisotopic (exact) mass is 444 g/mol. The van der Waals surface area contributed by atoms with Crippen molar-refractivity contribution in [3.8, 4) is 11.4 Å². The first-order valence-electron chi connectivity index (χ1n) is 9.38. The van der Waals surface area contributed by atoms with Crippen molar-refractivity contribution in [1.29, 1.82) is 0 Å². The molecule has 3 aromatic rings. The SMILES string of the molecule is Cc1cccc2c(N(C)CCCN(C)C)nc(-c3cc(Br)cc(CF)c3)nc12. The standard InChI is InChI=1S/C22H26BrFN4/c1-15-7-5-8-19-20(15)25-21(17-11-16(14-24)12-18(23)13-17)26-22(19)28(4)10-6-9-27(2)3/h5,7-8,11-13H,6,9-10,14H2,1-4H3. The Hall–Kier alpha value is -2.05. The van der Waals surface area contributed by atoms with Crippen LogP contribution in [0.25, 0.3) is 22.3 Å². The zero-order valence-corrected chi connectivity index (χ0v) is 18.4. The predicted octanol–water partition coefficient (Wildman–Crippen LogP) is 5.23. The van der Waals surface area contributed by atoms with E-state index in [1.165, 1.54) is 0 Å². The van der Waals surface area contributed by atoms with Crippen LogP contribution in [0.1, 0.15) is 17.5 Å². The molecular weight excluding hydrogens is 419 g/mol. The first kappa shape index (κ1) is 20.7. The summed E-state index contributed by atoms with van der Waals surface area (Å²) in [5.74, 6) is 1.52. The second-order valence-corrected chi connectivity index (χ2v) is 8.32.